The Hall–Kier alpha value is -4.36. The molecule has 1 unspecified atom stereocenters. The zero-order chi connectivity index (χ0) is 23.2. The molecule has 5 aromatic carbocycles. The quantitative estimate of drug-likeness (QED) is 0.266. The van der Waals surface area contributed by atoms with Crippen LogP contribution in [0.4, 0.5) is 17.1 Å². The molecule has 0 spiro atoms. The Balaban J connectivity index is 1.29. The van der Waals surface area contributed by atoms with E-state index in [1.54, 1.807) is 0 Å². The van der Waals surface area contributed by atoms with E-state index < -0.39 is 0 Å². The average molecular weight is 448 g/mol. The third kappa shape index (κ3) is 3.32. The molecule has 0 radical (unpaired) electrons. The molecule has 0 saturated carbocycles. The Kier molecular flexibility index (Phi) is 4.67. The molecule has 2 aliphatic rings. The lowest BCUT2D eigenvalue weighted by Crippen LogP contribution is -2.11. The van der Waals surface area contributed by atoms with Crippen LogP contribution in [-0.2, 0) is 6.42 Å². The minimum Gasteiger partial charge on any atom is -0.311 e. The van der Waals surface area contributed by atoms with Gasteiger partial charge in [-0.3, -0.25) is 0 Å². The van der Waals surface area contributed by atoms with Crippen LogP contribution < -0.4 is 4.90 Å². The van der Waals surface area contributed by atoms with E-state index in [0.29, 0.717) is 0 Å². The van der Waals surface area contributed by atoms with E-state index in [0.717, 1.165) is 23.5 Å². The van der Waals surface area contributed by atoms with Crippen molar-refractivity contribution in [3.8, 4) is 0 Å². The number of rotatable bonds is 4. The van der Waals surface area contributed by atoms with Crippen LogP contribution >= 0.6 is 0 Å². The maximum Gasteiger partial charge on any atom is 0.0461 e. The van der Waals surface area contributed by atoms with Crippen molar-refractivity contribution < 1.29 is 0 Å². The maximum atomic E-state index is 2.45. The van der Waals surface area contributed by atoms with Gasteiger partial charge in [-0.1, -0.05) is 97.1 Å². The van der Waals surface area contributed by atoms with Crippen molar-refractivity contribution in [1.82, 2.24) is 0 Å². The van der Waals surface area contributed by atoms with Crippen LogP contribution in [0.3, 0.4) is 0 Å². The third-order valence-corrected chi connectivity index (χ3v) is 7.34. The summed E-state index contributed by atoms with van der Waals surface area (Å²) in [6.45, 7) is 0. The zero-order valence-electron chi connectivity index (χ0n) is 19.4. The van der Waals surface area contributed by atoms with Gasteiger partial charge in [-0.05, 0) is 81.4 Å². The second kappa shape index (κ2) is 8.14. The summed E-state index contributed by atoms with van der Waals surface area (Å²) in [6.07, 6.45) is 8.13. The van der Waals surface area contributed by atoms with E-state index in [4.69, 9.17) is 0 Å². The molecular formula is C34H25N. The lowest BCUT2D eigenvalue weighted by Gasteiger charge is -2.30. The van der Waals surface area contributed by atoms with E-state index in [1.165, 1.54) is 38.6 Å². The lowest BCUT2D eigenvalue weighted by molar-refractivity contribution is 1.07. The molecule has 0 aromatic heterocycles. The summed E-state index contributed by atoms with van der Waals surface area (Å²) in [5.41, 5.74) is 10.5. The summed E-state index contributed by atoms with van der Waals surface area (Å²) in [6, 6.07) is 41.5. The summed E-state index contributed by atoms with van der Waals surface area (Å²) < 4.78 is 0. The number of allylic oxidation sites excluding steroid dienone is 3. The van der Waals surface area contributed by atoms with Crippen molar-refractivity contribution in [3.63, 3.8) is 0 Å². The number of benzene rings is 5. The molecule has 0 N–H and O–H groups in total. The van der Waals surface area contributed by atoms with Gasteiger partial charge in [-0.25, -0.2) is 0 Å². The molecule has 0 bridgehead atoms. The van der Waals surface area contributed by atoms with Crippen LogP contribution in [-0.4, -0.2) is 0 Å². The van der Waals surface area contributed by atoms with Gasteiger partial charge in [0, 0.05) is 23.0 Å². The topological polar surface area (TPSA) is 3.24 Å². The number of nitrogens with zero attached hydrogens (tertiary/aromatic N) is 1. The van der Waals surface area contributed by atoms with E-state index in [2.05, 4.69) is 138 Å². The normalized spacial score (nSPS) is 15.7. The second-order valence-corrected chi connectivity index (χ2v) is 9.34. The maximum absolute atomic E-state index is 2.45. The molecule has 166 valence electrons. The van der Waals surface area contributed by atoms with Crippen LogP contribution in [0.5, 0.6) is 0 Å². The first kappa shape index (κ1) is 20.1. The van der Waals surface area contributed by atoms with Crippen molar-refractivity contribution in [1.29, 1.82) is 0 Å². The van der Waals surface area contributed by atoms with E-state index >= 15 is 0 Å². The van der Waals surface area contributed by atoms with Crippen LogP contribution in [0.25, 0.3) is 22.4 Å². The molecule has 0 amide bonds. The first-order valence-corrected chi connectivity index (χ1v) is 12.3. The van der Waals surface area contributed by atoms with Gasteiger partial charge in [-0.2, -0.15) is 0 Å². The van der Waals surface area contributed by atoms with Gasteiger partial charge in [0.25, 0.3) is 0 Å². The molecular weight excluding hydrogens is 422 g/mol. The zero-order valence-corrected chi connectivity index (χ0v) is 19.4. The monoisotopic (exact) mass is 447 g/mol. The van der Waals surface area contributed by atoms with Crippen LogP contribution in [0.2, 0.25) is 0 Å². The molecule has 0 heterocycles. The SMILES string of the molecule is C1=CC(c2ccc(N(c3ccccc3)c3ccccc3)cc2)C2=CCc3cccc4ccc1c2c34. The first-order valence-electron chi connectivity index (χ1n) is 12.3. The van der Waals surface area contributed by atoms with E-state index in [-0.39, 0.29) is 5.92 Å². The van der Waals surface area contributed by atoms with Gasteiger partial charge in [0.15, 0.2) is 0 Å². The highest BCUT2D eigenvalue weighted by molar-refractivity contribution is 6.04. The van der Waals surface area contributed by atoms with Crippen molar-refractivity contribution >= 4 is 39.5 Å². The van der Waals surface area contributed by atoms with Gasteiger partial charge < -0.3 is 4.90 Å². The van der Waals surface area contributed by atoms with Crippen molar-refractivity contribution in [2.24, 2.45) is 0 Å². The van der Waals surface area contributed by atoms with Crippen LogP contribution in [0.1, 0.15) is 28.2 Å². The van der Waals surface area contributed by atoms with Gasteiger partial charge in [0.1, 0.15) is 0 Å². The second-order valence-electron chi connectivity index (χ2n) is 9.34. The number of para-hydroxylation sites is 2. The molecule has 5 aromatic rings. The molecule has 1 heteroatoms. The predicted molar refractivity (Wildman–Crippen MR) is 149 cm³/mol. The van der Waals surface area contributed by atoms with Crippen molar-refractivity contribution in [2.75, 3.05) is 4.90 Å². The minimum atomic E-state index is 0.275. The van der Waals surface area contributed by atoms with Gasteiger partial charge in [0.05, 0.1) is 0 Å². The lowest BCUT2D eigenvalue weighted by atomic mass is 9.75. The highest BCUT2D eigenvalue weighted by atomic mass is 15.1. The fourth-order valence-electron chi connectivity index (χ4n) is 5.72. The van der Waals surface area contributed by atoms with Gasteiger partial charge >= 0.3 is 0 Å². The molecule has 7 rings (SSSR count). The molecule has 0 aliphatic heterocycles. The largest absolute Gasteiger partial charge is 0.311 e. The van der Waals surface area contributed by atoms with Crippen molar-refractivity contribution in [2.45, 2.75) is 12.3 Å². The molecule has 1 atom stereocenters. The van der Waals surface area contributed by atoms with E-state index in [1.807, 2.05) is 0 Å². The fraction of sp³-hybridized carbons (Fsp3) is 0.0588. The Bertz CT molecular complexity index is 1550. The standard InChI is InChI=1S/C34H25N/c1-3-10-28(11-4-1)35(29-12-5-2-6-13-29)30-20-16-24(17-21-30)31-22-18-27-15-14-25-8-7-9-26-19-23-32(31)34(27)33(25)26/h1-18,20-23,31H,19H2. The predicted octanol–water partition coefficient (Wildman–Crippen LogP) is 9.06. The molecule has 0 saturated heterocycles. The van der Waals surface area contributed by atoms with E-state index in [9.17, 15) is 0 Å². The minimum absolute atomic E-state index is 0.275. The van der Waals surface area contributed by atoms with Gasteiger partial charge in [0.2, 0.25) is 0 Å². The highest BCUT2D eigenvalue weighted by Crippen LogP contribution is 2.46. The van der Waals surface area contributed by atoms with Crippen molar-refractivity contribution in [3.05, 3.63) is 150 Å². The first-order chi connectivity index (χ1) is 17.4. The Morgan fingerprint density at radius 1 is 0.600 bits per heavy atom. The Morgan fingerprint density at radius 3 is 2.00 bits per heavy atom. The summed E-state index contributed by atoms with van der Waals surface area (Å²) in [5, 5.41) is 2.78. The molecule has 2 aliphatic carbocycles. The highest BCUT2D eigenvalue weighted by Gasteiger charge is 2.26. The summed E-state index contributed by atoms with van der Waals surface area (Å²) in [7, 11) is 0. The van der Waals surface area contributed by atoms with Crippen LogP contribution in [0, 0.1) is 0 Å². The summed E-state index contributed by atoms with van der Waals surface area (Å²) >= 11 is 0. The molecule has 35 heavy (non-hydrogen) atoms. The summed E-state index contributed by atoms with van der Waals surface area (Å²) in [5.74, 6) is 0.275. The fourth-order valence-corrected chi connectivity index (χ4v) is 5.72. The number of anilines is 3. The third-order valence-electron chi connectivity index (χ3n) is 7.34. The number of hydrogen-bond donors (Lipinski definition) is 0. The molecule has 0 fully saturated rings. The number of hydrogen-bond acceptors (Lipinski definition) is 1. The summed E-state index contributed by atoms with van der Waals surface area (Å²) in [4.78, 5) is 2.31. The molecule has 1 nitrogen and oxygen atoms in total. The van der Waals surface area contributed by atoms with Gasteiger partial charge in [-0.15, -0.1) is 0 Å². The average Bonchev–Trinajstić information content (AvgIpc) is 2.93. The smallest absolute Gasteiger partial charge is 0.0461 e. The Morgan fingerprint density at radius 2 is 1.29 bits per heavy atom. The van der Waals surface area contributed by atoms with Crippen LogP contribution in [0.15, 0.2) is 127 Å². The Labute approximate surface area is 206 Å².